The first-order chi connectivity index (χ1) is 14.3. The number of benzene rings is 2. The molecule has 1 fully saturated rings. The van der Waals surface area contributed by atoms with Crippen molar-refractivity contribution in [3.63, 3.8) is 0 Å². The van der Waals surface area contributed by atoms with Crippen LogP contribution >= 0.6 is 0 Å². The number of carbonyl (C=O) groups excluding carboxylic acids is 1. The number of nitrogens with zero attached hydrogens (tertiary/aromatic N) is 1. The average Bonchev–Trinajstić information content (AvgIpc) is 2.72. The molecule has 2 aromatic rings. The lowest BCUT2D eigenvalue weighted by atomic mass is 10.1. The molecule has 3 N–H and O–H groups in total. The molecule has 3 rings (SSSR count). The van der Waals surface area contributed by atoms with Crippen molar-refractivity contribution in [1.82, 2.24) is 10.6 Å². The highest BCUT2D eigenvalue weighted by Crippen LogP contribution is 2.26. The van der Waals surface area contributed by atoms with Crippen molar-refractivity contribution < 1.29 is 13.2 Å². The molecular formula is C22H30N4O3S. The average molecular weight is 431 g/mol. The van der Waals surface area contributed by atoms with Crippen LogP contribution in [0.5, 0.6) is 0 Å². The molecular weight excluding hydrogens is 400 g/mol. The highest BCUT2D eigenvalue weighted by atomic mass is 32.2. The van der Waals surface area contributed by atoms with Gasteiger partial charge in [0.25, 0.3) is 15.9 Å². The Hall–Kier alpha value is -2.58. The van der Waals surface area contributed by atoms with E-state index in [2.05, 4.69) is 20.3 Å². The normalized spacial score (nSPS) is 14.6. The smallest absolute Gasteiger partial charge is 0.261 e. The minimum atomic E-state index is -3.74. The predicted octanol–water partition coefficient (Wildman–Crippen LogP) is 2.59. The third-order valence-corrected chi connectivity index (χ3v) is 6.35. The van der Waals surface area contributed by atoms with Crippen molar-refractivity contribution in [2.45, 2.75) is 25.7 Å². The Morgan fingerprint density at radius 3 is 2.40 bits per heavy atom. The second kappa shape index (κ2) is 9.49. The van der Waals surface area contributed by atoms with E-state index >= 15 is 0 Å². The van der Waals surface area contributed by atoms with E-state index in [1.54, 1.807) is 36.4 Å². The number of hydrogen-bond acceptors (Lipinski definition) is 5. The summed E-state index contributed by atoms with van der Waals surface area (Å²) < 4.78 is 28.1. The fourth-order valence-electron chi connectivity index (χ4n) is 3.29. The van der Waals surface area contributed by atoms with Gasteiger partial charge in [-0.05, 0) is 43.2 Å². The molecule has 2 aromatic carbocycles. The molecule has 0 unspecified atom stereocenters. The van der Waals surface area contributed by atoms with Crippen molar-refractivity contribution in [2.24, 2.45) is 5.92 Å². The largest absolute Gasteiger partial charge is 0.368 e. The number of rotatable bonds is 7. The van der Waals surface area contributed by atoms with Crippen LogP contribution in [0.1, 0.15) is 29.8 Å². The lowest BCUT2D eigenvalue weighted by Gasteiger charge is -2.31. The number of hydrogen-bond donors (Lipinski definition) is 3. The maximum Gasteiger partial charge on any atom is 0.261 e. The molecule has 1 amide bonds. The summed E-state index contributed by atoms with van der Waals surface area (Å²) in [5, 5.41) is 6.25. The molecule has 1 aliphatic rings. The SMILES string of the molecule is Cc1ccc(S(=O)(=O)Nc2ccc(N3CCNCC3)c(C(=O)NCC(C)C)c2)cc1. The van der Waals surface area contributed by atoms with Gasteiger partial charge in [0, 0.05) is 44.1 Å². The Balaban J connectivity index is 1.90. The van der Waals surface area contributed by atoms with Gasteiger partial charge < -0.3 is 15.5 Å². The monoisotopic (exact) mass is 430 g/mol. The first kappa shape index (κ1) is 22.1. The second-order valence-electron chi connectivity index (χ2n) is 7.99. The summed E-state index contributed by atoms with van der Waals surface area (Å²) in [6.45, 7) is 9.79. The fourth-order valence-corrected chi connectivity index (χ4v) is 4.34. The van der Waals surface area contributed by atoms with Gasteiger partial charge in [0.05, 0.1) is 10.5 Å². The highest BCUT2D eigenvalue weighted by Gasteiger charge is 2.21. The van der Waals surface area contributed by atoms with Crippen molar-refractivity contribution >= 4 is 27.3 Å². The summed E-state index contributed by atoms with van der Waals surface area (Å²) in [7, 11) is -3.74. The van der Waals surface area contributed by atoms with Gasteiger partial charge >= 0.3 is 0 Å². The minimum absolute atomic E-state index is 0.185. The molecule has 7 nitrogen and oxygen atoms in total. The van der Waals surface area contributed by atoms with E-state index in [0.29, 0.717) is 23.7 Å². The highest BCUT2D eigenvalue weighted by molar-refractivity contribution is 7.92. The van der Waals surface area contributed by atoms with Gasteiger partial charge in [0.15, 0.2) is 0 Å². The molecule has 0 bridgehead atoms. The Kier molecular flexibility index (Phi) is 6.99. The third-order valence-electron chi connectivity index (χ3n) is 4.95. The van der Waals surface area contributed by atoms with Gasteiger partial charge in [0.2, 0.25) is 0 Å². The number of sulfonamides is 1. The Morgan fingerprint density at radius 1 is 1.10 bits per heavy atom. The van der Waals surface area contributed by atoms with Crippen LogP contribution in [-0.2, 0) is 10.0 Å². The zero-order chi connectivity index (χ0) is 21.7. The molecule has 162 valence electrons. The summed E-state index contributed by atoms with van der Waals surface area (Å²) in [5.41, 5.74) is 2.64. The fraction of sp³-hybridized carbons (Fsp3) is 0.409. The zero-order valence-corrected chi connectivity index (χ0v) is 18.6. The van der Waals surface area contributed by atoms with Crippen LogP contribution in [0.4, 0.5) is 11.4 Å². The van der Waals surface area contributed by atoms with E-state index in [1.807, 2.05) is 26.8 Å². The van der Waals surface area contributed by atoms with Crippen molar-refractivity contribution in [3.05, 3.63) is 53.6 Å². The van der Waals surface area contributed by atoms with E-state index < -0.39 is 10.0 Å². The quantitative estimate of drug-likeness (QED) is 0.628. The molecule has 0 atom stereocenters. The lowest BCUT2D eigenvalue weighted by molar-refractivity contribution is 0.0949. The van der Waals surface area contributed by atoms with Crippen LogP contribution in [0.25, 0.3) is 0 Å². The van der Waals surface area contributed by atoms with Gasteiger partial charge in [-0.2, -0.15) is 0 Å². The van der Waals surface area contributed by atoms with Crippen LogP contribution < -0.4 is 20.3 Å². The number of nitrogens with one attached hydrogen (secondary N) is 3. The number of aryl methyl sites for hydroxylation is 1. The van der Waals surface area contributed by atoms with E-state index in [0.717, 1.165) is 37.4 Å². The van der Waals surface area contributed by atoms with E-state index in [9.17, 15) is 13.2 Å². The van der Waals surface area contributed by atoms with Gasteiger partial charge in [0.1, 0.15) is 0 Å². The van der Waals surface area contributed by atoms with Crippen molar-refractivity contribution in [3.8, 4) is 0 Å². The van der Waals surface area contributed by atoms with Crippen LogP contribution in [-0.4, -0.2) is 47.0 Å². The number of amides is 1. The van der Waals surface area contributed by atoms with Gasteiger partial charge in [-0.15, -0.1) is 0 Å². The molecule has 1 saturated heterocycles. The van der Waals surface area contributed by atoms with Gasteiger partial charge in [-0.3, -0.25) is 9.52 Å². The molecule has 8 heteroatoms. The van der Waals surface area contributed by atoms with Gasteiger partial charge in [-0.25, -0.2) is 8.42 Å². The summed E-state index contributed by atoms with van der Waals surface area (Å²) in [5.74, 6) is 0.119. The molecule has 0 spiro atoms. The maximum atomic E-state index is 12.9. The van der Waals surface area contributed by atoms with E-state index in [-0.39, 0.29) is 10.8 Å². The molecule has 1 heterocycles. The maximum absolute atomic E-state index is 12.9. The molecule has 30 heavy (non-hydrogen) atoms. The number of piperazine rings is 1. The topological polar surface area (TPSA) is 90.5 Å². The van der Waals surface area contributed by atoms with E-state index in [4.69, 9.17) is 0 Å². The lowest BCUT2D eigenvalue weighted by Crippen LogP contribution is -2.44. The third kappa shape index (κ3) is 5.52. The van der Waals surface area contributed by atoms with Crippen molar-refractivity contribution in [2.75, 3.05) is 42.3 Å². The Bertz CT molecular complexity index is 982. The number of anilines is 2. The predicted molar refractivity (Wildman–Crippen MR) is 121 cm³/mol. The van der Waals surface area contributed by atoms with Crippen LogP contribution in [0.3, 0.4) is 0 Å². The van der Waals surface area contributed by atoms with Crippen LogP contribution in [0.15, 0.2) is 47.4 Å². The van der Waals surface area contributed by atoms with E-state index in [1.165, 1.54) is 0 Å². The number of carbonyl (C=O) groups is 1. The minimum Gasteiger partial charge on any atom is -0.368 e. The molecule has 0 saturated carbocycles. The first-order valence-corrected chi connectivity index (χ1v) is 11.7. The second-order valence-corrected chi connectivity index (χ2v) is 9.67. The summed E-state index contributed by atoms with van der Waals surface area (Å²) in [4.78, 5) is 15.2. The molecule has 0 aromatic heterocycles. The summed E-state index contributed by atoms with van der Waals surface area (Å²) >= 11 is 0. The summed E-state index contributed by atoms with van der Waals surface area (Å²) in [6.07, 6.45) is 0. The zero-order valence-electron chi connectivity index (χ0n) is 17.7. The molecule has 0 aliphatic carbocycles. The van der Waals surface area contributed by atoms with Gasteiger partial charge in [-0.1, -0.05) is 31.5 Å². The Labute approximate surface area is 178 Å². The summed E-state index contributed by atoms with van der Waals surface area (Å²) in [6, 6.07) is 11.8. The Morgan fingerprint density at radius 2 is 1.77 bits per heavy atom. The van der Waals surface area contributed by atoms with Crippen LogP contribution in [0.2, 0.25) is 0 Å². The standard InChI is InChI=1S/C22H30N4O3S/c1-16(2)15-24-22(27)20-14-18(6-9-21(20)26-12-10-23-11-13-26)25-30(28,29)19-7-4-17(3)5-8-19/h4-9,14,16,23,25H,10-13,15H2,1-3H3,(H,24,27). The molecule has 0 radical (unpaired) electrons. The van der Waals surface area contributed by atoms with Crippen LogP contribution in [0, 0.1) is 12.8 Å². The molecule has 1 aliphatic heterocycles. The first-order valence-electron chi connectivity index (χ1n) is 10.2. The van der Waals surface area contributed by atoms with Crippen molar-refractivity contribution in [1.29, 1.82) is 0 Å².